The van der Waals surface area contributed by atoms with E-state index in [1.54, 1.807) is 0 Å². The molecule has 0 amide bonds. The first-order valence-electron chi connectivity index (χ1n) is 5.16. The van der Waals surface area contributed by atoms with E-state index in [2.05, 4.69) is 23.9 Å². The van der Waals surface area contributed by atoms with Crippen molar-refractivity contribution in [1.82, 2.24) is 10.1 Å². The number of anilines is 1. The third-order valence-electron chi connectivity index (χ3n) is 2.83. The molecule has 0 aliphatic carbocycles. The van der Waals surface area contributed by atoms with Crippen molar-refractivity contribution in [3.05, 3.63) is 11.8 Å². The van der Waals surface area contributed by atoms with Crippen molar-refractivity contribution in [2.75, 3.05) is 12.3 Å². The van der Waals surface area contributed by atoms with Crippen LogP contribution in [0.2, 0.25) is 0 Å². The van der Waals surface area contributed by atoms with Gasteiger partial charge in [-0.15, -0.1) is 0 Å². The quantitative estimate of drug-likeness (QED) is 0.781. The van der Waals surface area contributed by atoms with Gasteiger partial charge in [0, 0.05) is 12.1 Å². The fourth-order valence-corrected chi connectivity index (χ4v) is 2.17. The molecule has 1 aromatic heterocycles. The van der Waals surface area contributed by atoms with E-state index in [1.807, 2.05) is 6.07 Å². The van der Waals surface area contributed by atoms with Crippen molar-refractivity contribution >= 4 is 5.82 Å². The van der Waals surface area contributed by atoms with Crippen LogP contribution in [0, 0.1) is 0 Å². The van der Waals surface area contributed by atoms with E-state index in [1.165, 1.54) is 6.42 Å². The first kappa shape index (κ1) is 9.52. The number of hydrogen-bond acceptors (Lipinski definition) is 4. The molecule has 0 radical (unpaired) electrons. The van der Waals surface area contributed by atoms with Crippen LogP contribution in [0.5, 0.6) is 0 Å². The van der Waals surface area contributed by atoms with E-state index >= 15 is 0 Å². The molecule has 1 atom stereocenters. The zero-order chi connectivity index (χ0) is 10.1. The molecule has 1 aromatic rings. The number of nitrogen functional groups attached to an aromatic ring is 1. The lowest BCUT2D eigenvalue weighted by molar-refractivity contribution is 0.175. The van der Waals surface area contributed by atoms with E-state index < -0.39 is 0 Å². The van der Waals surface area contributed by atoms with Gasteiger partial charge < -0.3 is 10.3 Å². The van der Waals surface area contributed by atoms with Gasteiger partial charge in [-0.3, -0.25) is 4.90 Å². The first-order valence-corrected chi connectivity index (χ1v) is 5.16. The summed E-state index contributed by atoms with van der Waals surface area (Å²) >= 11 is 0. The molecule has 1 saturated heterocycles. The Kier molecular flexibility index (Phi) is 2.46. The molecular formula is C10H17N3O. The third-order valence-corrected chi connectivity index (χ3v) is 2.83. The summed E-state index contributed by atoms with van der Waals surface area (Å²) in [7, 11) is 0. The predicted octanol–water partition coefficient (Wildman–Crippen LogP) is 1.80. The molecular weight excluding hydrogens is 178 g/mol. The number of likely N-dealkylation sites (tertiary alicyclic amines) is 1. The molecule has 2 heterocycles. The first-order chi connectivity index (χ1) is 6.68. The van der Waals surface area contributed by atoms with Crippen LogP contribution < -0.4 is 5.73 Å². The molecule has 2 N–H and O–H groups in total. The number of aromatic nitrogens is 1. The maximum Gasteiger partial charge on any atom is 0.167 e. The number of nitrogens with two attached hydrogens (primary N) is 1. The standard InChI is InChI=1S/C10H17N3O/c1-7(2)13-5-3-4-8(13)9-6-10(11)12-14-9/h6-8H,3-5H2,1-2H3,(H2,11,12). The van der Waals surface area contributed by atoms with Gasteiger partial charge in [0.25, 0.3) is 0 Å². The summed E-state index contributed by atoms with van der Waals surface area (Å²) in [5.41, 5.74) is 5.54. The van der Waals surface area contributed by atoms with Gasteiger partial charge >= 0.3 is 0 Å². The lowest BCUT2D eigenvalue weighted by atomic mass is 10.1. The fourth-order valence-electron chi connectivity index (χ4n) is 2.17. The van der Waals surface area contributed by atoms with Crippen LogP contribution >= 0.6 is 0 Å². The average Bonchev–Trinajstić information content (AvgIpc) is 2.70. The van der Waals surface area contributed by atoms with Crippen molar-refractivity contribution in [3.8, 4) is 0 Å². The highest BCUT2D eigenvalue weighted by Crippen LogP contribution is 2.33. The summed E-state index contributed by atoms with van der Waals surface area (Å²) < 4.78 is 5.21. The minimum Gasteiger partial charge on any atom is -0.381 e. The van der Waals surface area contributed by atoms with E-state index in [4.69, 9.17) is 10.3 Å². The second-order valence-corrected chi connectivity index (χ2v) is 4.14. The Hall–Kier alpha value is -1.03. The number of rotatable bonds is 2. The number of nitrogens with zero attached hydrogens (tertiary/aromatic N) is 2. The number of hydrogen-bond donors (Lipinski definition) is 1. The highest BCUT2D eigenvalue weighted by atomic mass is 16.5. The molecule has 0 bridgehead atoms. The van der Waals surface area contributed by atoms with Gasteiger partial charge in [-0.2, -0.15) is 0 Å². The molecule has 1 unspecified atom stereocenters. The predicted molar refractivity (Wildman–Crippen MR) is 54.7 cm³/mol. The van der Waals surface area contributed by atoms with Gasteiger partial charge in [0.1, 0.15) is 0 Å². The summed E-state index contributed by atoms with van der Waals surface area (Å²) in [5, 5.41) is 3.73. The highest BCUT2D eigenvalue weighted by molar-refractivity contribution is 5.28. The van der Waals surface area contributed by atoms with Crippen LogP contribution in [0.4, 0.5) is 5.82 Å². The minimum absolute atomic E-state index is 0.375. The van der Waals surface area contributed by atoms with Gasteiger partial charge in [0.2, 0.25) is 0 Å². The largest absolute Gasteiger partial charge is 0.381 e. The van der Waals surface area contributed by atoms with Crippen molar-refractivity contribution in [2.24, 2.45) is 0 Å². The van der Waals surface area contributed by atoms with Crippen LogP contribution in [0.25, 0.3) is 0 Å². The monoisotopic (exact) mass is 195 g/mol. The van der Waals surface area contributed by atoms with Gasteiger partial charge in [-0.1, -0.05) is 5.16 Å². The average molecular weight is 195 g/mol. The maximum atomic E-state index is 5.54. The van der Waals surface area contributed by atoms with E-state index in [9.17, 15) is 0 Å². The lowest BCUT2D eigenvalue weighted by Gasteiger charge is -2.26. The van der Waals surface area contributed by atoms with Crippen molar-refractivity contribution in [2.45, 2.75) is 38.8 Å². The normalized spacial score (nSPS) is 23.5. The Morgan fingerprint density at radius 1 is 1.64 bits per heavy atom. The lowest BCUT2D eigenvalue weighted by Crippen LogP contribution is -2.29. The van der Waals surface area contributed by atoms with Crippen LogP contribution in [0.15, 0.2) is 10.6 Å². The Balaban J connectivity index is 2.17. The fraction of sp³-hybridized carbons (Fsp3) is 0.700. The molecule has 1 aliphatic heterocycles. The second kappa shape index (κ2) is 3.61. The van der Waals surface area contributed by atoms with Crippen LogP contribution in [0.1, 0.15) is 38.5 Å². The summed E-state index contributed by atoms with van der Waals surface area (Å²) in [5.74, 6) is 1.39. The molecule has 1 fully saturated rings. The maximum absolute atomic E-state index is 5.54. The molecule has 0 spiro atoms. The van der Waals surface area contributed by atoms with Gasteiger partial charge in [0.15, 0.2) is 11.6 Å². The summed E-state index contributed by atoms with van der Waals surface area (Å²) in [6.07, 6.45) is 2.37. The molecule has 4 nitrogen and oxygen atoms in total. The molecule has 14 heavy (non-hydrogen) atoms. The topological polar surface area (TPSA) is 55.3 Å². The van der Waals surface area contributed by atoms with Crippen LogP contribution in [0.3, 0.4) is 0 Å². The molecule has 2 rings (SSSR count). The Bertz CT molecular complexity index is 308. The second-order valence-electron chi connectivity index (χ2n) is 4.14. The minimum atomic E-state index is 0.375. The van der Waals surface area contributed by atoms with Gasteiger partial charge in [-0.05, 0) is 33.2 Å². The van der Waals surface area contributed by atoms with E-state index in [-0.39, 0.29) is 0 Å². The zero-order valence-corrected chi connectivity index (χ0v) is 8.73. The van der Waals surface area contributed by atoms with E-state index in [0.29, 0.717) is 17.9 Å². The molecule has 0 aromatic carbocycles. The third kappa shape index (κ3) is 1.62. The SMILES string of the molecule is CC(C)N1CCCC1c1cc(N)no1. The summed E-state index contributed by atoms with van der Waals surface area (Å²) in [6.45, 7) is 5.55. The van der Waals surface area contributed by atoms with Crippen LogP contribution in [-0.4, -0.2) is 22.6 Å². The molecule has 0 saturated carbocycles. The van der Waals surface area contributed by atoms with Crippen molar-refractivity contribution in [1.29, 1.82) is 0 Å². The molecule has 78 valence electrons. The Labute approximate surface area is 84.0 Å². The summed E-state index contributed by atoms with van der Waals surface area (Å²) in [4.78, 5) is 2.43. The van der Waals surface area contributed by atoms with Crippen molar-refractivity contribution < 1.29 is 4.52 Å². The smallest absolute Gasteiger partial charge is 0.167 e. The molecule has 4 heteroatoms. The molecule has 1 aliphatic rings. The highest BCUT2D eigenvalue weighted by Gasteiger charge is 2.30. The summed E-state index contributed by atoms with van der Waals surface area (Å²) in [6, 6.07) is 2.76. The van der Waals surface area contributed by atoms with E-state index in [0.717, 1.165) is 18.7 Å². The van der Waals surface area contributed by atoms with Crippen LogP contribution in [-0.2, 0) is 0 Å². The zero-order valence-electron chi connectivity index (χ0n) is 8.73. The Morgan fingerprint density at radius 3 is 3.00 bits per heavy atom. The van der Waals surface area contributed by atoms with Gasteiger partial charge in [0.05, 0.1) is 6.04 Å². The van der Waals surface area contributed by atoms with Gasteiger partial charge in [-0.25, -0.2) is 0 Å². The van der Waals surface area contributed by atoms with Crippen molar-refractivity contribution in [3.63, 3.8) is 0 Å². The Morgan fingerprint density at radius 2 is 2.43 bits per heavy atom.